The van der Waals surface area contributed by atoms with Gasteiger partial charge in [-0.15, -0.1) is 0 Å². The Labute approximate surface area is 227 Å². The van der Waals surface area contributed by atoms with Crippen LogP contribution in [0, 0.1) is 5.92 Å². The molecule has 196 valence electrons. The van der Waals surface area contributed by atoms with Gasteiger partial charge in [0, 0.05) is 28.7 Å². The molecule has 0 bridgehead atoms. The molecule has 0 saturated heterocycles. The largest absolute Gasteiger partial charge is 0.481 e. The summed E-state index contributed by atoms with van der Waals surface area (Å²) >= 11 is 5.99. The number of carboxylic acid groups (broad SMARTS) is 1. The molecule has 3 N–H and O–H groups in total. The van der Waals surface area contributed by atoms with Crippen LogP contribution in [0.25, 0.3) is 11.1 Å². The van der Waals surface area contributed by atoms with Crippen LogP contribution in [0.2, 0.25) is 0 Å². The molecule has 0 aliphatic heterocycles. The number of amides is 2. The first-order valence-electron chi connectivity index (χ1n) is 12.8. The van der Waals surface area contributed by atoms with Gasteiger partial charge >= 0.3 is 12.0 Å². The minimum atomic E-state index is -0.951. The van der Waals surface area contributed by atoms with E-state index in [1.54, 1.807) is 12.1 Å². The third-order valence-corrected chi connectivity index (χ3v) is 7.12. The van der Waals surface area contributed by atoms with Crippen molar-refractivity contribution in [2.75, 3.05) is 5.32 Å². The van der Waals surface area contributed by atoms with Gasteiger partial charge in [0.25, 0.3) is 0 Å². The molecule has 0 spiro atoms. The lowest BCUT2D eigenvalue weighted by atomic mass is 9.92. The fourth-order valence-corrected chi connectivity index (χ4v) is 4.72. The van der Waals surface area contributed by atoms with Crippen LogP contribution in [0.15, 0.2) is 90.0 Å². The molecule has 3 aromatic rings. The van der Waals surface area contributed by atoms with E-state index in [4.69, 9.17) is 11.6 Å². The SMILES string of the molecule is O=C(Nc1ccc(-c2ccc(C(=O)CC(CCc3ccccc3)C(=O)O)cc2)cc1)NC1CC=C(Cl)CC1. The Morgan fingerprint density at radius 2 is 1.58 bits per heavy atom. The summed E-state index contributed by atoms with van der Waals surface area (Å²) in [5.41, 5.74) is 4.09. The number of halogens is 1. The van der Waals surface area contributed by atoms with Gasteiger partial charge in [-0.25, -0.2) is 4.79 Å². The average Bonchev–Trinajstić information content (AvgIpc) is 2.93. The van der Waals surface area contributed by atoms with Crippen LogP contribution in [0.5, 0.6) is 0 Å². The van der Waals surface area contributed by atoms with Crippen molar-refractivity contribution in [2.45, 2.75) is 44.6 Å². The van der Waals surface area contributed by atoms with Crippen molar-refractivity contribution in [2.24, 2.45) is 5.92 Å². The maximum atomic E-state index is 12.8. The monoisotopic (exact) mass is 530 g/mol. The van der Waals surface area contributed by atoms with E-state index >= 15 is 0 Å². The molecule has 2 atom stereocenters. The molecule has 0 heterocycles. The zero-order valence-electron chi connectivity index (χ0n) is 21.0. The second-order valence-corrected chi connectivity index (χ2v) is 10.0. The molecule has 0 radical (unpaired) electrons. The highest BCUT2D eigenvalue weighted by Crippen LogP contribution is 2.24. The summed E-state index contributed by atoms with van der Waals surface area (Å²) in [5.74, 6) is -1.86. The number of carbonyl (C=O) groups is 3. The predicted molar refractivity (Wildman–Crippen MR) is 150 cm³/mol. The molecule has 0 saturated carbocycles. The number of aliphatic carboxylic acids is 1. The Hall–Kier alpha value is -3.90. The van der Waals surface area contributed by atoms with Gasteiger partial charge in [0.2, 0.25) is 0 Å². The predicted octanol–water partition coefficient (Wildman–Crippen LogP) is 7.06. The lowest BCUT2D eigenvalue weighted by molar-refractivity contribution is -0.141. The van der Waals surface area contributed by atoms with Crippen molar-refractivity contribution in [1.29, 1.82) is 0 Å². The fourth-order valence-electron chi connectivity index (χ4n) is 4.52. The molecule has 1 aliphatic rings. The maximum Gasteiger partial charge on any atom is 0.319 e. The molecule has 0 fully saturated rings. The molecule has 2 unspecified atom stereocenters. The van der Waals surface area contributed by atoms with Crippen molar-refractivity contribution in [3.05, 3.63) is 101 Å². The van der Waals surface area contributed by atoms with Crippen LogP contribution in [0.1, 0.15) is 48.0 Å². The van der Waals surface area contributed by atoms with Gasteiger partial charge in [-0.1, -0.05) is 84.4 Å². The third-order valence-electron chi connectivity index (χ3n) is 6.78. The van der Waals surface area contributed by atoms with Crippen molar-refractivity contribution in [3.8, 4) is 11.1 Å². The van der Waals surface area contributed by atoms with Gasteiger partial charge in [0.05, 0.1) is 5.92 Å². The minimum Gasteiger partial charge on any atom is -0.481 e. The first-order chi connectivity index (χ1) is 18.4. The van der Waals surface area contributed by atoms with Gasteiger partial charge in [-0.2, -0.15) is 0 Å². The number of aryl methyl sites for hydroxylation is 1. The molecular formula is C31H31ClN2O4. The normalized spacial score (nSPS) is 15.7. The maximum absolute atomic E-state index is 12.8. The lowest BCUT2D eigenvalue weighted by Crippen LogP contribution is -2.38. The third kappa shape index (κ3) is 7.80. The van der Waals surface area contributed by atoms with E-state index in [0.29, 0.717) is 24.1 Å². The quantitative estimate of drug-likeness (QED) is 0.244. The summed E-state index contributed by atoms with van der Waals surface area (Å²) in [6, 6.07) is 24.1. The van der Waals surface area contributed by atoms with E-state index in [2.05, 4.69) is 10.6 Å². The zero-order valence-corrected chi connectivity index (χ0v) is 21.8. The van der Waals surface area contributed by atoms with Gasteiger partial charge in [-0.05, 0) is 60.9 Å². The number of ketones is 1. The molecule has 1 aliphatic carbocycles. The van der Waals surface area contributed by atoms with Crippen molar-refractivity contribution >= 4 is 35.1 Å². The highest BCUT2D eigenvalue weighted by Gasteiger charge is 2.22. The summed E-state index contributed by atoms with van der Waals surface area (Å²) in [5, 5.41) is 16.3. The molecule has 4 rings (SSSR count). The van der Waals surface area contributed by atoms with Crippen LogP contribution in [-0.4, -0.2) is 28.9 Å². The summed E-state index contributed by atoms with van der Waals surface area (Å²) in [4.78, 5) is 36.9. The van der Waals surface area contributed by atoms with Crippen LogP contribution in [0.4, 0.5) is 10.5 Å². The minimum absolute atomic E-state index is 0.0336. The molecule has 0 aromatic heterocycles. The van der Waals surface area contributed by atoms with Crippen LogP contribution >= 0.6 is 11.6 Å². The number of carboxylic acids is 1. The van der Waals surface area contributed by atoms with Crippen LogP contribution in [-0.2, 0) is 11.2 Å². The Morgan fingerprint density at radius 1 is 0.921 bits per heavy atom. The second kappa shape index (κ2) is 13.1. The number of urea groups is 1. The molecule has 7 heteroatoms. The van der Waals surface area contributed by atoms with E-state index in [0.717, 1.165) is 41.0 Å². The summed E-state index contributed by atoms with van der Waals surface area (Å²) in [6.07, 6.45) is 5.27. The van der Waals surface area contributed by atoms with Crippen molar-refractivity contribution < 1.29 is 19.5 Å². The number of rotatable bonds is 10. The lowest BCUT2D eigenvalue weighted by Gasteiger charge is -2.21. The number of hydrogen-bond acceptors (Lipinski definition) is 3. The standard InChI is InChI=1S/C31H31ClN2O4/c32-26-14-18-28(19-15-26)34-31(38)33-27-16-12-23(13-17-27)22-8-10-24(11-9-22)29(35)20-25(30(36)37)7-6-21-4-2-1-3-5-21/h1-5,8-14,16-17,25,28H,6-7,15,18-20H2,(H,36,37)(H2,33,34,38). The van der Waals surface area contributed by atoms with Gasteiger partial charge < -0.3 is 15.7 Å². The Bertz CT molecular complexity index is 1290. The molecule has 2 amide bonds. The molecule has 3 aromatic carbocycles. The van der Waals surface area contributed by atoms with Gasteiger partial charge in [0.15, 0.2) is 5.78 Å². The first kappa shape index (κ1) is 27.1. The molecular weight excluding hydrogens is 500 g/mol. The summed E-state index contributed by atoms with van der Waals surface area (Å²) in [6.45, 7) is 0. The summed E-state index contributed by atoms with van der Waals surface area (Å²) in [7, 11) is 0. The van der Waals surface area contributed by atoms with Crippen LogP contribution in [0.3, 0.4) is 0 Å². The fraction of sp³-hybridized carbons (Fsp3) is 0.258. The number of Topliss-reactive ketones (excluding diaryl/α,β-unsaturated/α-hetero) is 1. The van der Waals surface area contributed by atoms with Crippen molar-refractivity contribution in [1.82, 2.24) is 5.32 Å². The Morgan fingerprint density at radius 3 is 2.18 bits per heavy atom. The van der Waals surface area contributed by atoms with E-state index in [1.807, 2.05) is 72.8 Å². The average molecular weight is 531 g/mol. The first-order valence-corrected chi connectivity index (χ1v) is 13.2. The smallest absolute Gasteiger partial charge is 0.319 e. The molecule has 38 heavy (non-hydrogen) atoms. The van der Waals surface area contributed by atoms with E-state index < -0.39 is 11.9 Å². The Balaban J connectivity index is 1.30. The van der Waals surface area contributed by atoms with E-state index in [9.17, 15) is 19.5 Å². The van der Waals surface area contributed by atoms with E-state index in [1.165, 1.54) is 0 Å². The zero-order chi connectivity index (χ0) is 26.9. The van der Waals surface area contributed by atoms with Gasteiger partial charge in [0.1, 0.15) is 0 Å². The number of allylic oxidation sites excluding steroid dienone is 1. The number of hydrogen-bond donors (Lipinski definition) is 3. The van der Waals surface area contributed by atoms with E-state index in [-0.39, 0.29) is 24.3 Å². The highest BCUT2D eigenvalue weighted by molar-refractivity contribution is 6.29. The summed E-state index contributed by atoms with van der Waals surface area (Å²) < 4.78 is 0. The number of anilines is 1. The molecule has 6 nitrogen and oxygen atoms in total. The number of benzene rings is 3. The second-order valence-electron chi connectivity index (χ2n) is 9.56. The van der Waals surface area contributed by atoms with Crippen LogP contribution < -0.4 is 10.6 Å². The van der Waals surface area contributed by atoms with Crippen molar-refractivity contribution in [3.63, 3.8) is 0 Å². The number of carbonyl (C=O) groups excluding carboxylic acids is 2. The Kier molecular flexibility index (Phi) is 9.33. The topological polar surface area (TPSA) is 95.5 Å². The highest BCUT2D eigenvalue weighted by atomic mass is 35.5. The number of nitrogens with one attached hydrogen (secondary N) is 2. The van der Waals surface area contributed by atoms with Gasteiger partial charge in [-0.3, -0.25) is 9.59 Å².